The molecule has 0 aliphatic rings. The van der Waals surface area contributed by atoms with Crippen LogP contribution in [0.15, 0.2) is 34.4 Å². The summed E-state index contributed by atoms with van der Waals surface area (Å²) in [6.07, 6.45) is 12.9. The number of carbonyl (C=O) groups is 1. The van der Waals surface area contributed by atoms with Crippen LogP contribution in [0.2, 0.25) is 0 Å². The fraction of sp³-hybridized carbons (Fsp3) is 0.250. The molecule has 0 aromatic carbocycles. The summed E-state index contributed by atoms with van der Waals surface area (Å²) < 4.78 is 0.965. The smallest absolute Gasteiger partial charge is 0.303 e. The van der Waals surface area contributed by atoms with E-state index in [0.29, 0.717) is 6.42 Å². The van der Waals surface area contributed by atoms with Crippen molar-refractivity contribution in [3.8, 4) is 12.3 Å². The largest absolute Gasteiger partial charge is 0.481 e. The molecular formula is C12H13BrO2. The van der Waals surface area contributed by atoms with Crippen LogP contribution >= 0.6 is 15.9 Å². The molecule has 1 N–H and O–H groups in total. The lowest BCUT2D eigenvalue weighted by Crippen LogP contribution is -1.91. The maximum Gasteiger partial charge on any atom is 0.303 e. The average molecular weight is 269 g/mol. The number of hydrogen-bond donors (Lipinski definition) is 1. The van der Waals surface area contributed by atoms with E-state index in [1.54, 1.807) is 12.2 Å². The first-order valence-corrected chi connectivity index (χ1v) is 5.24. The van der Waals surface area contributed by atoms with Crippen LogP contribution in [0.25, 0.3) is 0 Å². The van der Waals surface area contributed by atoms with Crippen molar-refractivity contribution in [3.05, 3.63) is 34.4 Å². The van der Waals surface area contributed by atoms with Gasteiger partial charge in [-0.2, -0.15) is 0 Å². The number of carboxylic acid groups (broad SMARTS) is 1. The molecule has 0 heterocycles. The molecule has 0 rings (SSSR count). The zero-order valence-electron chi connectivity index (χ0n) is 8.53. The molecule has 0 saturated carbocycles. The van der Waals surface area contributed by atoms with E-state index in [4.69, 9.17) is 11.5 Å². The number of hydrogen-bond acceptors (Lipinski definition) is 1. The molecule has 3 heteroatoms. The summed E-state index contributed by atoms with van der Waals surface area (Å²) in [7, 11) is 0. The van der Waals surface area contributed by atoms with Crippen molar-refractivity contribution in [2.45, 2.75) is 19.8 Å². The molecule has 0 spiro atoms. The second-order valence-corrected chi connectivity index (χ2v) is 4.13. The quantitative estimate of drug-likeness (QED) is 0.614. The Labute approximate surface area is 98.5 Å². The summed E-state index contributed by atoms with van der Waals surface area (Å²) >= 11 is 3.30. The molecule has 15 heavy (non-hydrogen) atoms. The minimum Gasteiger partial charge on any atom is -0.481 e. The first-order valence-electron chi connectivity index (χ1n) is 4.44. The number of allylic oxidation sites excluding steroid dienone is 6. The van der Waals surface area contributed by atoms with Crippen LogP contribution < -0.4 is 0 Å². The number of carboxylic acids is 1. The van der Waals surface area contributed by atoms with Crippen LogP contribution in [0.5, 0.6) is 0 Å². The Morgan fingerprint density at radius 1 is 1.60 bits per heavy atom. The number of rotatable bonds is 5. The van der Waals surface area contributed by atoms with Gasteiger partial charge < -0.3 is 5.11 Å². The van der Waals surface area contributed by atoms with Crippen LogP contribution in [0.1, 0.15) is 19.8 Å². The molecular weight excluding hydrogens is 256 g/mol. The van der Waals surface area contributed by atoms with E-state index >= 15 is 0 Å². The van der Waals surface area contributed by atoms with Crippen molar-refractivity contribution in [1.29, 1.82) is 0 Å². The van der Waals surface area contributed by atoms with Gasteiger partial charge in [-0.3, -0.25) is 4.79 Å². The third kappa shape index (κ3) is 9.04. The van der Waals surface area contributed by atoms with E-state index in [-0.39, 0.29) is 6.42 Å². The summed E-state index contributed by atoms with van der Waals surface area (Å²) in [5.74, 6) is 1.63. The Bertz CT molecular complexity index is 339. The molecule has 0 aliphatic heterocycles. The van der Waals surface area contributed by atoms with E-state index in [9.17, 15) is 4.79 Å². The lowest BCUT2D eigenvalue weighted by Gasteiger charge is -1.93. The van der Waals surface area contributed by atoms with Gasteiger partial charge in [-0.05, 0) is 35.6 Å². The predicted molar refractivity (Wildman–Crippen MR) is 65.6 cm³/mol. The molecule has 0 aromatic heterocycles. The lowest BCUT2D eigenvalue weighted by molar-refractivity contribution is -0.136. The molecule has 0 amide bonds. The number of halogens is 1. The fourth-order valence-electron chi connectivity index (χ4n) is 0.890. The molecule has 0 bridgehead atoms. The SMILES string of the molecule is C#C/C=C(/C=C/CCC(=O)O)\C=C(/C)Br. The van der Waals surface area contributed by atoms with Crippen LogP contribution in [0.3, 0.4) is 0 Å². The summed E-state index contributed by atoms with van der Waals surface area (Å²) in [6.45, 7) is 1.90. The van der Waals surface area contributed by atoms with E-state index < -0.39 is 5.97 Å². The summed E-state index contributed by atoms with van der Waals surface area (Å²) in [5, 5.41) is 8.43. The van der Waals surface area contributed by atoms with Gasteiger partial charge in [0.15, 0.2) is 0 Å². The molecule has 80 valence electrons. The van der Waals surface area contributed by atoms with Gasteiger partial charge in [-0.15, -0.1) is 6.42 Å². The van der Waals surface area contributed by atoms with E-state index in [2.05, 4.69) is 21.9 Å². The van der Waals surface area contributed by atoms with Gasteiger partial charge in [0, 0.05) is 6.42 Å². The van der Waals surface area contributed by atoms with Crippen molar-refractivity contribution in [3.63, 3.8) is 0 Å². The minimum absolute atomic E-state index is 0.136. The highest BCUT2D eigenvalue weighted by atomic mass is 79.9. The Kier molecular flexibility index (Phi) is 7.39. The summed E-state index contributed by atoms with van der Waals surface area (Å²) in [6, 6.07) is 0. The predicted octanol–water partition coefficient (Wildman–Crippen LogP) is 3.27. The van der Waals surface area contributed by atoms with Gasteiger partial charge in [-0.25, -0.2) is 0 Å². The third-order valence-corrected chi connectivity index (χ3v) is 1.68. The van der Waals surface area contributed by atoms with Crippen molar-refractivity contribution in [2.24, 2.45) is 0 Å². The monoisotopic (exact) mass is 268 g/mol. The van der Waals surface area contributed by atoms with Crippen molar-refractivity contribution in [2.75, 3.05) is 0 Å². The zero-order chi connectivity index (χ0) is 11.7. The molecule has 0 aliphatic carbocycles. The van der Waals surface area contributed by atoms with E-state index in [0.717, 1.165) is 10.1 Å². The zero-order valence-corrected chi connectivity index (χ0v) is 10.1. The number of aliphatic carboxylic acids is 1. The Hall–Kier alpha value is -1.27. The number of terminal acetylenes is 1. The highest BCUT2D eigenvalue weighted by molar-refractivity contribution is 9.11. The van der Waals surface area contributed by atoms with Gasteiger partial charge in [0.25, 0.3) is 0 Å². The summed E-state index contributed by atoms with van der Waals surface area (Å²) in [4.78, 5) is 10.2. The van der Waals surface area contributed by atoms with Gasteiger partial charge in [0.1, 0.15) is 0 Å². The van der Waals surface area contributed by atoms with Gasteiger partial charge >= 0.3 is 5.97 Å². The summed E-state index contributed by atoms with van der Waals surface area (Å²) in [5.41, 5.74) is 0.872. The van der Waals surface area contributed by atoms with Crippen molar-refractivity contribution >= 4 is 21.9 Å². The molecule has 0 aromatic rings. The highest BCUT2D eigenvalue weighted by Crippen LogP contribution is 2.09. The second kappa shape index (κ2) is 8.07. The van der Waals surface area contributed by atoms with E-state index in [1.807, 2.05) is 19.1 Å². The van der Waals surface area contributed by atoms with Crippen LogP contribution in [0, 0.1) is 12.3 Å². The Balaban J connectivity index is 4.32. The molecule has 2 nitrogen and oxygen atoms in total. The highest BCUT2D eigenvalue weighted by Gasteiger charge is 1.92. The average Bonchev–Trinajstić information content (AvgIpc) is 2.11. The third-order valence-electron chi connectivity index (χ3n) is 1.45. The Morgan fingerprint density at radius 2 is 2.27 bits per heavy atom. The first-order chi connectivity index (χ1) is 7.06. The van der Waals surface area contributed by atoms with Crippen LogP contribution in [-0.2, 0) is 4.79 Å². The van der Waals surface area contributed by atoms with Gasteiger partial charge in [0.2, 0.25) is 0 Å². The van der Waals surface area contributed by atoms with Crippen molar-refractivity contribution < 1.29 is 9.90 Å². The topological polar surface area (TPSA) is 37.3 Å². The maximum atomic E-state index is 10.2. The second-order valence-electron chi connectivity index (χ2n) is 2.88. The van der Waals surface area contributed by atoms with Crippen molar-refractivity contribution in [1.82, 2.24) is 0 Å². The normalized spacial score (nSPS) is 12.9. The molecule has 0 unspecified atom stereocenters. The maximum absolute atomic E-state index is 10.2. The van der Waals surface area contributed by atoms with Crippen LogP contribution in [0.4, 0.5) is 0 Å². The molecule has 0 radical (unpaired) electrons. The van der Waals surface area contributed by atoms with E-state index in [1.165, 1.54) is 0 Å². The minimum atomic E-state index is -0.797. The molecule has 0 fully saturated rings. The lowest BCUT2D eigenvalue weighted by atomic mass is 10.2. The molecule has 0 saturated heterocycles. The first kappa shape index (κ1) is 13.7. The standard InChI is InChI=1S/C12H13BrO2/c1-3-6-11(9-10(2)13)7-4-5-8-12(14)15/h1,4,6-7,9H,5,8H2,2H3,(H,14,15)/b7-4+,10-9+,11-6-. The van der Waals surface area contributed by atoms with Gasteiger partial charge in [0.05, 0.1) is 0 Å². The Morgan fingerprint density at radius 3 is 2.73 bits per heavy atom. The van der Waals surface area contributed by atoms with Crippen LogP contribution in [-0.4, -0.2) is 11.1 Å². The molecule has 0 atom stereocenters. The van der Waals surface area contributed by atoms with Gasteiger partial charge in [-0.1, -0.05) is 34.0 Å². The fourth-order valence-corrected chi connectivity index (χ4v) is 1.15.